The number of benzene rings is 1. The summed E-state index contributed by atoms with van der Waals surface area (Å²) >= 11 is 0. The van der Waals surface area contributed by atoms with Crippen molar-refractivity contribution >= 4 is 11.6 Å². The lowest BCUT2D eigenvalue weighted by Gasteiger charge is -2.17. The average molecular weight is 292 g/mol. The summed E-state index contributed by atoms with van der Waals surface area (Å²) in [5, 5.41) is 15.8. The van der Waals surface area contributed by atoms with Crippen LogP contribution in [0.3, 0.4) is 0 Å². The largest absolute Gasteiger partial charge is 0.392 e. The maximum atomic E-state index is 12.0. The fourth-order valence-electron chi connectivity index (χ4n) is 2.28. The molecule has 0 bridgehead atoms. The van der Waals surface area contributed by atoms with E-state index in [0.29, 0.717) is 13.0 Å². The standard InChI is InChI=1S/C17H28N2O2/c1-5-6-15(20)11-18-14(4)10-17(21)19-16-8-7-12(2)9-13(16)3/h7-9,14-15,18,20H,5-6,10-11H2,1-4H3,(H,19,21). The molecule has 1 aromatic rings. The molecule has 3 N–H and O–H groups in total. The number of aliphatic hydroxyl groups is 1. The Bertz CT molecular complexity index is 460. The lowest BCUT2D eigenvalue weighted by atomic mass is 10.1. The van der Waals surface area contributed by atoms with Gasteiger partial charge in [-0.15, -0.1) is 0 Å². The highest BCUT2D eigenvalue weighted by Gasteiger charge is 2.11. The zero-order chi connectivity index (χ0) is 15.8. The van der Waals surface area contributed by atoms with E-state index in [4.69, 9.17) is 0 Å². The number of anilines is 1. The number of nitrogens with one attached hydrogen (secondary N) is 2. The molecule has 2 atom stereocenters. The van der Waals surface area contributed by atoms with Crippen molar-refractivity contribution in [1.29, 1.82) is 0 Å². The van der Waals surface area contributed by atoms with E-state index in [0.717, 1.165) is 24.1 Å². The van der Waals surface area contributed by atoms with Crippen LogP contribution in [0.15, 0.2) is 18.2 Å². The Morgan fingerprint density at radius 2 is 2.05 bits per heavy atom. The third-order valence-corrected chi connectivity index (χ3v) is 3.47. The van der Waals surface area contributed by atoms with Gasteiger partial charge in [-0.25, -0.2) is 0 Å². The molecule has 4 nitrogen and oxygen atoms in total. The molecule has 21 heavy (non-hydrogen) atoms. The lowest BCUT2D eigenvalue weighted by Crippen LogP contribution is -2.36. The van der Waals surface area contributed by atoms with E-state index in [2.05, 4.69) is 16.7 Å². The molecule has 0 spiro atoms. The van der Waals surface area contributed by atoms with E-state index < -0.39 is 0 Å². The van der Waals surface area contributed by atoms with Crippen LogP contribution in [0.4, 0.5) is 5.69 Å². The second kappa shape index (κ2) is 8.80. The van der Waals surface area contributed by atoms with Crippen molar-refractivity contribution in [2.75, 3.05) is 11.9 Å². The van der Waals surface area contributed by atoms with Crippen LogP contribution >= 0.6 is 0 Å². The number of amides is 1. The summed E-state index contributed by atoms with van der Waals surface area (Å²) < 4.78 is 0. The molecule has 1 aromatic carbocycles. The number of carbonyl (C=O) groups excluding carboxylic acids is 1. The van der Waals surface area contributed by atoms with E-state index in [-0.39, 0.29) is 18.1 Å². The Morgan fingerprint density at radius 3 is 2.67 bits per heavy atom. The first-order chi connectivity index (χ1) is 9.92. The Morgan fingerprint density at radius 1 is 1.33 bits per heavy atom. The number of aliphatic hydroxyl groups excluding tert-OH is 1. The summed E-state index contributed by atoms with van der Waals surface area (Å²) in [6.45, 7) is 8.56. The normalized spacial score (nSPS) is 13.8. The first-order valence-corrected chi connectivity index (χ1v) is 7.71. The molecule has 1 amide bonds. The minimum absolute atomic E-state index is 0.00747. The van der Waals surface area contributed by atoms with Crippen LogP contribution in [0.25, 0.3) is 0 Å². The zero-order valence-corrected chi connectivity index (χ0v) is 13.6. The van der Waals surface area contributed by atoms with Crippen molar-refractivity contribution in [3.63, 3.8) is 0 Å². The third-order valence-electron chi connectivity index (χ3n) is 3.47. The van der Waals surface area contributed by atoms with Crippen molar-refractivity contribution in [2.24, 2.45) is 0 Å². The Balaban J connectivity index is 2.39. The van der Waals surface area contributed by atoms with Crippen LogP contribution in [-0.2, 0) is 4.79 Å². The topological polar surface area (TPSA) is 61.4 Å². The number of aryl methyl sites for hydroxylation is 2. The first kappa shape index (κ1) is 17.7. The smallest absolute Gasteiger partial charge is 0.225 e. The van der Waals surface area contributed by atoms with Gasteiger partial charge in [-0.1, -0.05) is 31.0 Å². The highest BCUT2D eigenvalue weighted by molar-refractivity contribution is 5.91. The maximum Gasteiger partial charge on any atom is 0.225 e. The van der Waals surface area contributed by atoms with Crippen LogP contribution in [0.2, 0.25) is 0 Å². The van der Waals surface area contributed by atoms with Gasteiger partial charge in [0.15, 0.2) is 0 Å². The molecular formula is C17H28N2O2. The highest BCUT2D eigenvalue weighted by Crippen LogP contribution is 2.16. The summed E-state index contributed by atoms with van der Waals surface area (Å²) in [6.07, 6.45) is 1.81. The molecule has 2 unspecified atom stereocenters. The van der Waals surface area contributed by atoms with Crippen molar-refractivity contribution in [3.8, 4) is 0 Å². The van der Waals surface area contributed by atoms with Gasteiger partial charge in [0.05, 0.1) is 6.10 Å². The lowest BCUT2D eigenvalue weighted by molar-refractivity contribution is -0.116. The Kier molecular flexibility index (Phi) is 7.40. The van der Waals surface area contributed by atoms with Gasteiger partial charge in [0.25, 0.3) is 0 Å². The van der Waals surface area contributed by atoms with E-state index in [1.54, 1.807) is 0 Å². The van der Waals surface area contributed by atoms with Gasteiger partial charge < -0.3 is 15.7 Å². The van der Waals surface area contributed by atoms with Crippen molar-refractivity contribution in [3.05, 3.63) is 29.3 Å². The third kappa shape index (κ3) is 6.74. The molecular weight excluding hydrogens is 264 g/mol. The molecule has 0 aliphatic heterocycles. The predicted molar refractivity (Wildman–Crippen MR) is 87.5 cm³/mol. The summed E-state index contributed by atoms with van der Waals surface area (Å²) in [4.78, 5) is 12.0. The summed E-state index contributed by atoms with van der Waals surface area (Å²) in [6, 6.07) is 6.03. The van der Waals surface area contributed by atoms with Gasteiger partial charge in [0.1, 0.15) is 0 Å². The number of hydrogen-bond acceptors (Lipinski definition) is 3. The van der Waals surface area contributed by atoms with Crippen LogP contribution in [0.5, 0.6) is 0 Å². The fraction of sp³-hybridized carbons (Fsp3) is 0.588. The minimum Gasteiger partial charge on any atom is -0.392 e. The first-order valence-electron chi connectivity index (χ1n) is 7.71. The second-order valence-electron chi connectivity index (χ2n) is 5.82. The summed E-state index contributed by atoms with van der Waals surface area (Å²) in [5.41, 5.74) is 3.12. The van der Waals surface area contributed by atoms with E-state index in [1.807, 2.05) is 39.8 Å². The van der Waals surface area contributed by atoms with Crippen LogP contribution in [0, 0.1) is 13.8 Å². The van der Waals surface area contributed by atoms with Gasteiger partial charge in [-0.3, -0.25) is 4.79 Å². The summed E-state index contributed by atoms with van der Waals surface area (Å²) in [7, 11) is 0. The number of rotatable bonds is 8. The number of hydrogen-bond donors (Lipinski definition) is 3. The van der Waals surface area contributed by atoms with Gasteiger partial charge >= 0.3 is 0 Å². The van der Waals surface area contributed by atoms with E-state index in [9.17, 15) is 9.90 Å². The van der Waals surface area contributed by atoms with E-state index >= 15 is 0 Å². The van der Waals surface area contributed by atoms with Crippen LogP contribution < -0.4 is 10.6 Å². The Hall–Kier alpha value is -1.39. The van der Waals surface area contributed by atoms with E-state index in [1.165, 1.54) is 5.56 Å². The summed E-state index contributed by atoms with van der Waals surface area (Å²) in [5.74, 6) is -0.00747. The molecule has 0 saturated heterocycles. The van der Waals surface area contributed by atoms with Crippen LogP contribution in [0.1, 0.15) is 44.2 Å². The van der Waals surface area contributed by atoms with Crippen LogP contribution in [-0.4, -0.2) is 29.7 Å². The minimum atomic E-state index is -0.333. The molecule has 0 heterocycles. The maximum absolute atomic E-state index is 12.0. The quantitative estimate of drug-likeness (QED) is 0.690. The molecule has 0 aliphatic rings. The molecule has 4 heteroatoms. The van der Waals surface area contributed by atoms with Gasteiger partial charge in [0.2, 0.25) is 5.91 Å². The monoisotopic (exact) mass is 292 g/mol. The zero-order valence-electron chi connectivity index (χ0n) is 13.6. The van der Waals surface area contributed by atoms with Crippen molar-refractivity contribution in [1.82, 2.24) is 5.32 Å². The molecule has 0 fully saturated rings. The Labute approximate surface area is 128 Å². The van der Waals surface area contributed by atoms with Crippen molar-refractivity contribution in [2.45, 2.75) is 59.1 Å². The molecule has 0 radical (unpaired) electrons. The van der Waals surface area contributed by atoms with Gasteiger partial charge in [-0.05, 0) is 38.8 Å². The van der Waals surface area contributed by atoms with Crippen molar-refractivity contribution < 1.29 is 9.90 Å². The fourth-order valence-corrected chi connectivity index (χ4v) is 2.28. The molecule has 0 saturated carbocycles. The molecule has 1 rings (SSSR count). The molecule has 0 aromatic heterocycles. The number of carbonyl (C=O) groups is 1. The van der Waals surface area contributed by atoms with Gasteiger partial charge in [0, 0.05) is 24.7 Å². The predicted octanol–water partition coefficient (Wildman–Crippen LogP) is 2.77. The SMILES string of the molecule is CCCC(O)CNC(C)CC(=O)Nc1ccc(C)cc1C. The van der Waals surface area contributed by atoms with Gasteiger partial charge in [-0.2, -0.15) is 0 Å². The molecule has 118 valence electrons. The molecule has 0 aliphatic carbocycles. The second-order valence-corrected chi connectivity index (χ2v) is 5.82. The average Bonchev–Trinajstić information content (AvgIpc) is 2.40. The highest BCUT2D eigenvalue weighted by atomic mass is 16.3.